The van der Waals surface area contributed by atoms with Crippen molar-refractivity contribution in [3.8, 4) is 11.5 Å². The van der Waals surface area contributed by atoms with Crippen LogP contribution < -0.4 is 20.1 Å². The number of methoxy groups -OCH3 is 2. The largest absolute Gasteiger partial charge is 0.497 e. The molecule has 1 rings (SSSR count). The van der Waals surface area contributed by atoms with E-state index in [0.717, 1.165) is 12.8 Å². The molecule has 0 saturated heterocycles. The molecule has 0 aliphatic heterocycles. The fourth-order valence-corrected chi connectivity index (χ4v) is 2.11. The Labute approximate surface area is 142 Å². The van der Waals surface area contributed by atoms with Crippen LogP contribution in [0.15, 0.2) is 18.2 Å². The maximum atomic E-state index is 12.2. The Morgan fingerprint density at radius 1 is 1.08 bits per heavy atom. The van der Waals surface area contributed by atoms with Crippen LogP contribution in [0.25, 0.3) is 0 Å². The Morgan fingerprint density at radius 2 is 1.71 bits per heavy atom. The first kappa shape index (κ1) is 19.6. The zero-order valence-electron chi connectivity index (χ0n) is 14.7. The number of anilines is 1. The van der Waals surface area contributed by atoms with Gasteiger partial charge in [-0.05, 0) is 13.3 Å². The Morgan fingerprint density at radius 3 is 2.21 bits per heavy atom. The number of rotatable bonds is 9. The van der Waals surface area contributed by atoms with E-state index in [-0.39, 0.29) is 6.61 Å². The molecule has 1 aromatic carbocycles. The molecular weight excluding hydrogens is 312 g/mol. The number of unbranched alkanes of at least 4 members (excludes halogenated alkanes) is 1. The van der Waals surface area contributed by atoms with Gasteiger partial charge in [0, 0.05) is 23.9 Å². The molecule has 24 heavy (non-hydrogen) atoms. The molecule has 0 saturated carbocycles. The van der Waals surface area contributed by atoms with Gasteiger partial charge in [-0.1, -0.05) is 19.8 Å². The zero-order chi connectivity index (χ0) is 17.9. The monoisotopic (exact) mass is 338 g/mol. The molecule has 0 aliphatic carbocycles. The Bertz CT molecular complexity index is 526. The van der Waals surface area contributed by atoms with Crippen molar-refractivity contribution >= 4 is 17.7 Å². The summed E-state index contributed by atoms with van der Waals surface area (Å²) in [5, 5.41) is 5.33. The van der Waals surface area contributed by atoms with Crippen molar-refractivity contribution in [2.75, 3.05) is 26.1 Å². The fraction of sp³-hybridized carbons (Fsp3) is 0.529. The zero-order valence-corrected chi connectivity index (χ0v) is 14.7. The molecule has 1 unspecified atom stereocenters. The number of esters is 1. The van der Waals surface area contributed by atoms with Gasteiger partial charge in [0.2, 0.25) is 0 Å². The van der Waals surface area contributed by atoms with Crippen LogP contribution in [0.4, 0.5) is 10.5 Å². The van der Waals surface area contributed by atoms with E-state index in [1.165, 1.54) is 14.2 Å². The van der Waals surface area contributed by atoms with E-state index >= 15 is 0 Å². The first-order valence-corrected chi connectivity index (χ1v) is 8.01. The van der Waals surface area contributed by atoms with Crippen molar-refractivity contribution in [1.82, 2.24) is 5.32 Å². The molecule has 0 fully saturated rings. The van der Waals surface area contributed by atoms with Gasteiger partial charge in [0.25, 0.3) is 0 Å². The molecule has 0 aromatic heterocycles. The lowest BCUT2D eigenvalue weighted by molar-refractivity contribution is -0.145. The first-order valence-electron chi connectivity index (χ1n) is 8.01. The average molecular weight is 338 g/mol. The highest BCUT2D eigenvalue weighted by molar-refractivity contribution is 5.92. The van der Waals surface area contributed by atoms with Gasteiger partial charge in [0.1, 0.15) is 17.5 Å². The van der Waals surface area contributed by atoms with Gasteiger partial charge in [-0.2, -0.15) is 0 Å². The Balaban J connectivity index is 2.75. The van der Waals surface area contributed by atoms with E-state index in [0.29, 0.717) is 23.6 Å². The Kier molecular flexibility index (Phi) is 8.46. The second kappa shape index (κ2) is 10.4. The van der Waals surface area contributed by atoms with Crippen molar-refractivity contribution in [2.45, 2.75) is 39.2 Å². The number of amides is 2. The van der Waals surface area contributed by atoms with E-state index in [1.807, 2.05) is 6.92 Å². The third-order valence-corrected chi connectivity index (χ3v) is 3.33. The van der Waals surface area contributed by atoms with Crippen LogP contribution in [0.2, 0.25) is 0 Å². The predicted octanol–water partition coefficient (Wildman–Crippen LogP) is 2.95. The number of nitrogens with one attached hydrogen (secondary N) is 2. The van der Waals surface area contributed by atoms with Crippen molar-refractivity contribution < 1.29 is 23.8 Å². The number of carbonyl (C=O) groups is 2. The number of hydrogen-bond donors (Lipinski definition) is 2. The minimum atomic E-state index is -0.669. The van der Waals surface area contributed by atoms with Crippen molar-refractivity contribution in [3.63, 3.8) is 0 Å². The Hall–Kier alpha value is -2.44. The highest BCUT2D eigenvalue weighted by Gasteiger charge is 2.21. The van der Waals surface area contributed by atoms with Gasteiger partial charge in [-0.25, -0.2) is 9.59 Å². The summed E-state index contributed by atoms with van der Waals surface area (Å²) < 4.78 is 15.3. The lowest BCUT2D eigenvalue weighted by Crippen LogP contribution is -2.43. The maximum absolute atomic E-state index is 12.2. The summed E-state index contributed by atoms with van der Waals surface area (Å²) in [5.74, 6) is 0.680. The minimum Gasteiger partial charge on any atom is -0.497 e. The van der Waals surface area contributed by atoms with Crippen LogP contribution in [-0.2, 0) is 9.53 Å². The first-order chi connectivity index (χ1) is 11.5. The molecule has 0 heterocycles. The summed E-state index contributed by atoms with van der Waals surface area (Å²) in [6.07, 6.45) is 2.27. The molecule has 7 nitrogen and oxygen atoms in total. The topological polar surface area (TPSA) is 85.9 Å². The number of urea groups is 1. The molecule has 0 aliphatic rings. The van der Waals surface area contributed by atoms with Crippen LogP contribution in [0.3, 0.4) is 0 Å². The summed E-state index contributed by atoms with van der Waals surface area (Å²) in [6.45, 7) is 4.03. The highest BCUT2D eigenvalue weighted by atomic mass is 16.5. The minimum absolute atomic E-state index is 0.276. The second-order valence-electron chi connectivity index (χ2n) is 5.15. The summed E-state index contributed by atoms with van der Waals surface area (Å²) >= 11 is 0. The number of ether oxygens (including phenoxy) is 3. The van der Waals surface area contributed by atoms with E-state index < -0.39 is 18.0 Å². The summed E-state index contributed by atoms with van der Waals surface area (Å²) in [6, 6.07) is 3.86. The number of carbonyl (C=O) groups excluding carboxylic acids is 2. The summed E-state index contributed by atoms with van der Waals surface area (Å²) in [4.78, 5) is 24.1. The van der Waals surface area contributed by atoms with Crippen molar-refractivity contribution in [3.05, 3.63) is 18.2 Å². The van der Waals surface area contributed by atoms with Crippen LogP contribution in [0.1, 0.15) is 33.1 Å². The number of benzene rings is 1. The number of hydrogen-bond acceptors (Lipinski definition) is 5. The average Bonchev–Trinajstić information content (AvgIpc) is 2.58. The molecule has 0 radical (unpaired) electrons. The van der Waals surface area contributed by atoms with E-state index in [9.17, 15) is 9.59 Å². The fourth-order valence-electron chi connectivity index (χ4n) is 2.11. The third-order valence-electron chi connectivity index (χ3n) is 3.33. The quantitative estimate of drug-likeness (QED) is 0.676. The SMILES string of the molecule is CCCCC(NC(=O)Nc1cc(OC)cc(OC)c1)C(=O)OCC. The molecule has 134 valence electrons. The molecule has 0 bridgehead atoms. The van der Waals surface area contributed by atoms with Gasteiger partial charge < -0.3 is 24.8 Å². The van der Waals surface area contributed by atoms with Gasteiger partial charge in [-0.3, -0.25) is 0 Å². The smallest absolute Gasteiger partial charge is 0.328 e. The summed E-state index contributed by atoms with van der Waals surface area (Å²) in [5.41, 5.74) is 0.502. The van der Waals surface area contributed by atoms with E-state index in [1.54, 1.807) is 25.1 Å². The molecule has 1 atom stereocenters. The van der Waals surface area contributed by atoms with Crippen LogP contribution in [-0.4, -0.2) is 38.9 Å². The van der Waals surface area contributed by atoms with Crippen LogP contribution in [0, 0.1) is 0 Å². The van der Waals surface area contributed by atoms with Gasteiger partial charge in [0.05, 0.1) is 20.8 Å². The molecule has 1 aromatic rings. The molecular formula is C17H26N2O5. The van der Waals surface area contributed by atoms with Crippen LogP contribution >= 0.6 is 0 Å². The highest BCUT2D eigenvalue weighted by Crippen LogP contribution is 2.25. The van der Waals surface area contributed by atoms with E-state index in [2.05, 4.69) is 10.6 Å². The molecule has 2 N–H and O–H groups in total. The van der Waals surface area contributed by atoms with Gasteiger partial charge in [0.15, 0.2) is 0 Å². The normalized spacial score (nSPS) is 11.3. The lowest BCUT2D eigenvalue weighted by Gasteiger charge is -2.18. The molecule has 2 amide bonds. The second-order valence-corrected chi connectivity index (χ2v) is 5.15. The summed E-state index contributed by atoms with van der Waals surface area (Å²) in [7, 11) is 3.06. The van der Waals surface area contributed by atoms with E-state index in [4.69, 9.17) is 14.2 Å². The van der Waals surface area contributed by atoms with Crippen molar-refractivity contribution in [2.24, 2.45) is 0 Å². The van der Waals surface area contributed by atoms with Gasteiger partial charge >= 0.3 is 12.0 Å². The predicted molar refractivity (Wildman–Crippen MR) is 91.6 cm³/mol. The standard InChI is InChI=1S/C17H26N2O5/c1-5-7-8-15(16(20)24-6-2)19-17(21)18-12-9-13(22-3)11-14(10-12)23-4/h9-11,15H,5-8H2,1-4H3,(H2,18,19,21). The molecule has 7 heteroatoms. The van der Waals surface area contributed by atoms with Crippen molar-refractivity contribution in [1.29, 1.82) is 0 Å². The van der Waals surface area contributed by atoms with Crippen LogP contribution in [0.5, 0.6) is 11.5 Å². The van der Waals surface area contributed by atoms with Gasteiger partial charge in [-0.15, -0.1) is 0 Å². The lowest BCUT2D eigenvalue weighted by atomic mass is 10.1. The molecule has 0 spiro atoms. The maximum Gasteiger partial charge on any atom is 0.328 e. The third kappa shape index (κ3) is 6.36.